The van der Waals surface area contributed by atoms with Gasteiger partial charge in [-0.2, -0.15) is 0 Å². The maximum absolute atomic E-state index is 11.6. The molecular weight excluding hydrogens is 344 g/mol. The second-order valence-electron chi connectivity index (χ2n) is 5.01. The van der Waals surface area contributed by atoms with E-state index in [0.29, 0.717) is 11.3 Å². The van der Waals surface area contributed by atoms with Gasteiger partial charge >= 0.3 is 11.9 Å². The Morgan fingerprint density at radius 2 is 1.85 bits per heavy atom. The summed E-state index contributed by atoms with van der Waals surface area (Å²) >= 11 is 0. The van der Waals surface area contributed by atoms with Crippen LogP contribution >= 0.6 is 0 Å². The maximum atomic E-state index is 11.6. The third kappa shape index (κ3) is 5.78. The zero-order valence-electron chi connectivity index (χ0n) is 13.8. The quantitative estimate of drug-likeness (QED) is 0.426. The van der Waals surface area contributed by atoms with E-state index in [1.54, 1.807) is 18.2 Å². The van der Waals surface area contributed by atoms with Gasteiger partial charge < -0.3 is 13.9 Å². The average molecular weight is 360 g/mol. The number of esters is 1. The van der Waals surface area contributed by atoms with Gasteiger partial charge in [0.1, 0.15) is 5.75 Å². The van der Waals surface area contributed by atoms with Gasteiger partial charge in [0.15, 0.2) is 24.8 Å². The van der Waals surface area contributed by atoms with Crippen molar-refractivity contribution in [2.45, 2.75) is 6.92 Å². The Morgan fingerprint density at radius 1 is 1.04 bits per heavy atom. The molecule has 0 saturated carbocycles. The van der Waals surface area contributed by atoms with Crippen LogP contribution in [0.25, 0.3) is 0 Å². The highest BCUT2D eigenvalue weighted by atomic mass is 16.6. The lowest BCUT2D eigenvalue weighted by atomic mass is 10.1. The van der Waals surface area contributed by atoms with Crippen LogP contribution in [0.2, 0.25) is 0 Å². The van der Waals surface area contributed by atoms with Gasteiger partial charge in [-0.1, -0.05) is 12.1 Å². The Balaban J connectivity index is 1.68. The molecule has 1 aromatic heterocycles. The smallest absolute Gasteiger partial charge is 0.344 e. The second kappa shape index (κ2) is 9.02. The van der Waals surface area contributed by atoms with E-state index in [2.05, 4.69) is 10.9 Å². The molecule has 0 radical (unpaired) electrons. The molecule has 1 aromatic carbocycles. The molecule has 0 saturated heterocycles. The first-order valence-corrected chi connectivity index (χ1v) is 7.48. The zero-order valence-corrected chi connectivity index (χ0v) is 13.8. The maximum Gasteiger partial charge on any atom is 0.344 e. The molecule has 0 aliphatic heterocycles. The first kappa shape index (κ1) is 18.7. The van der Waals surface area contributed by atoms with Crippen molar-refractivity contribution in [2.24, 2.45) is 0 Å². The number of rotatable bonds is 7. The summed E-state index contributed by atoms with van der Waals surface area (Å²) in [6, 6.07) is 9.25. The van der Waals surface area contributed by atoms with Crippen LogP contribution in [-0.2, 0) is 14.3 Å². The molecule has 0 atom stereocenters. The number of ether oxygens (including phenoxy) is 2. The van der Waals surface area contributed by atoms with Crippen LogP contribution in [0.1, 0.15) is 27.8 Å². The topological polar surface area (TPSA) is 124 Å². The SMILES string of the molecule is CC(=O)c1cccc(OCC(=O)OCC(=O)NNC(=O)c2ccco2)c1. The molecule has 0 fully saturated rings. The Labute approximate surface area is 148 Å². The zero-order chi connectivity index (χ0) is 18.9. The van der Waals surface area contributed by atoms with E-state index in [9.17, 15) is 19.2 Å². The number of ketones is 1. The largest absolute Gasteiger partial charge is 0.482 e. The van der Waals surface area contributed by atoms with Crippen molar-refractivity contribution in [1.82, 2.24) is 10.9 Å². The monoisotopic (exact) mass is 360 g/mol. The van der Waals surface area contributed by atoms with Crippen molar-refractivity contribution in [3.05, 3.63) is 54.0 Å². The van der Waals surface area contributed by atoms with Gasteiger partial charge in [0, 0.05) is 5.56 Å². The molecule has 2 amide bonds. The van der Waals surface area contributed by atoms with Crippen molar-refractivity contribution < 1.29 is 33.1 Å². The van der Waals surface area contributed by atoms with Crippen molar-refractivity contribution in [1.29, 1.82) is 0 Å². The fourth-order valence-corrected chi connectivity index (χ4v) is 1.77. The van der Waals surface area contributed by atoms with Gasteiger partial charge in [0.05, 0.1) is 6.26 Å². The van der Waals surface area contributed by atoms with E-state index >= 15 is 0 Å². The summed E-state index contributed by atoms with van der Waals surface area (Å²) in [5.74, 6) is -1.97. The molecule has 0 spiro atoms. The van der Waals surface area contributed by atoms with Crippen LogP contribution < -0.4 is 15.6 Å². The highest BCUT2D eigenvalue weighted by Gasteiger charge is 2.12. The number of amides is 2. The third-order valence-electron chi connectivity index (χ3n) is 3.02. The molecule has 0 aliphatic carbocycles. The van der Waals surface area contributed by atoms with Crippen LogP contribution in [-0.4, -0.2) is 36.8 Å². The van der Waals surface area contributed by atoms with Crippen LogP contribution in [0.15, 0.2) is 47.1 Å². The number of furan rings is 1. The van der Waals surface area contributed by atoms with Gasteiger partial charge in [-0.05, 0) is 31.2 Å². The Hall–Kier alpha value is -3.62. The lowest BCUT2D eigenvalue weighted by Crippen LogP contribution is -2.43. The predicted molar refractivity (Wildman–Crippen MR) is 87.2 cm³/mol. The number of carbonyl (C=O) groups excluding carboxylic acids is 4. The molecule has 1 heterocycles. The van der Waals surface area contributed by atoms with Gasteiger partial charge in [-0.3, -0.25) is 25.2 Å². The molecule has 9 nitrogen and oxygen atoms in total. The highest BCUT2D eigenvalue weighted by Crippen LogP contribution is 2.13. The van der Waals surface area contributed by atoms with Crippen LogP contribution in [0.4, 0.5) is 0 Å². The van der Waals surface area contributed by atoms with Gasteiger partial charge in [-0.25, -0.2) is 4.79 Å². The van der Waals surface area contributed by atoms with E-state index in [0.717, 1.165) is 0 Å². The summed E-state index contributed by atoms with van der Waals surface area (Å²) in [5, 5.41) is 0. The van der Waals surface area contributed by atoms with Crippen molar-refractivity contribution in [3.8, 4) is 5.75 Å². The number of carbonyl (C=O) groups is 4. The number of Topliss-reactive ketones (excluding diaryl/α,β-unsaturated/α-hetero) is 1. The molecule has 0 bridgehead atoms. The fraction of sp³-hybridized carbons (Fsp3) is 0.176. The number of benzene rings is 1. The minimum absolute atomic E-state index is 0.0171. The molecule has 9 heteroatoms. The summed E-state index contributed by atoms with van der Waals surface area (Å²) in [5.41, 5.74) is 4.61. The summed E-state index contributed by atoms with van der Waals surface area (Å²) in [4.78, 5) is 45.9. The Bertz CT molecular complexity index is 799. The van der Waals surface area contributed by atoms with E-state index in [4.69, 9.17) is 13.9 Å². The molecule has 136 valence electrons. The van der Waals surface area contributed by atoms with E-state index in [1.807, 2.05) is 0 Å². The van der Waals surface area contributed by atoms with Crippen molar-refractivity contribution in [2.75, 3.05) is 13.2 Å². The van der Waals surface area contributed by atoms with Crippen molar-refractivity contribution in [3.63, 3.8) is 0 Å². The normalized spacial score (nSPS) is 9.88. The Kier molecular flexibility index (Phi) is 6.49. The second-order valence-corrected chi connectivity index (χ2v) is 5.01. The number of nitrogens with one attached hydrogen (secondary N) is 2. The first-order chi connectivity index (χ1) is 12.5. The van der Waals surface area contributed by atoms with E-state index in [-0.39, 0.29) is 11.5 Å². The van der Waals surface area contributed by atoms with Crippen molar-refractivity contribution >= 4 is 23.6 Å². The molecule has 2 N–H and O–H groups in total. The predicted octanol–water partition coefficient (Wildman–Crippen LogP) is 0.865. The third-order valence-corrected chi connectivity index (χ3v) is 3.02. The standard InChI is InChI=1S/C17H16N2O7/c1-11(20)12-4-2-5-13(8-12)25-10-16(22)26-9-15(21)18-19-17(23)14-6-3-7-24-14/h2-8H,9-10H2,1H3,(H,18,21)(H,19,23). The lowest BCUT2D eigenvalue weighted by molar-refractivity contribution is -0.150. The fourth-order valence-electron chi connectivity index (χ4n) is 1.77. The van der Waals surface area contributed by atoms with Crippen LogP contribution in [0, 0.1) is 0 Å². The summed E-state index contributed by atoms with van der Waals surface area (Å²) in [6.07, 6.45) is 1.31. The summed E-state index contributed by atoms with van der Waals surface area (Å²) < 4.78 is 14.7. The minimum atomic E-state index is -0.786. The molecule has 2 rings (SSSR count). The lowest BCUT2D eigenvalue weighted by Gasteiger charge is -2.08. The molecule has 0 aliphatic rings. The highest BCUT2D eigenvalue weighted by molar-refractivity contribution is 5.94. The van der Waals surface area contributed by atoms with Gasteiger partial charge in [0.25, 0.3) is 5.91 Å². The van der Waals surface area contributed by atoms with E-state index < -0.39 is 31.0 Å². The first-order valence-electron chi connectivity index (χ1n) is 7.48. The number of hydrogen-bond donors (Lipinski definition) is 2. The number of hydrazine groups is 1. The Morgan fingerprint density at radius 3 is 2.54 bits per heavy atom. The molecule has 0 unspecified atom stereocenters. The van der Waals surface area contributed by atoms with Gasteiger partial charge in [-0.15, -0.1) is 0 Å². The minimum Gasteiger partial charge on any atom is -0.482 e. The molecule has 2 aromatic rings. The van der Waals surface area contributed by atoms with E-state index in [1.165, 1.54) is 31.4 Å². The summed E-state index contributed by atoms with van der Waals surface area (Å²) in [7, 11) is 0. The number of hydrogen-bond acceptors (Lipinski definition) is 7. The van der Waals surface area contributed by atoms with Crippen LogP contribution in [0.3, 0.4) is 0 Å². The summed E-state index contributed by atoms with van der Waals surface area (Å²) in [6.45, 7) is 0.373. The van der Waals surface area contributed by atoms with Gasteiger partial charge in [0.2, 0.25) is 0 Å². The molecule has 26 heavy (non-hydrogen) atoms. The molecular formula is C17H16N2O7. The van der Waals surface area contributed by atoms with Crippen LogP contribution in [0.5, 0.6) is 5.75 Å². The average Bonchev–Trinajstić information content (AvgIpc) is 3.17.